The Balaban J connectivity index is 1.73. The van der Waals surface area contributed by atoms with Gasteiger partial charge in [0.2, 0.25) is 0 Å². The molecule has 3 heteroatoms. The largest absolute Gasteiger partial charge is 0.394 e. The summed E-state index contributed by atoms with van der Waals surface area (Å²) >= 11 is 0. The molecular weight excluding hydrogens is 324 g/mol. The average molecular weight is 361 g/mol. The topological polar surface area (TPSA) is 57.5 Å². The molecule has 3 fully saturated rings. The van der Waals surface area contributed by atoms with E-state index in [1.807, 2.05) is 0 Å². The Bertz CT molecular complexity index is 613. The maximum atomic E-state index is 12.3. The van der Waals surface area contributed by atoms with Crippen LogP contribution in [-0.4, -0.2) is 28.7 Å². The summed E-state index contributed by atoms with van der Waals surface area (Å²) in [6.07, 6.45) is 12.0. The number of aliphatic hydroxyl groups excluding tert-OH is 2. The third kappa shape index (κ3) is 2.22. The van der Waals surface area contributed by atoms with Crippen molar-refractivity contribution in [2.24, 2.45) is 39.9 Å². The highest BCUT2D eigenvalue weighted by atomic mass is 16.3. The van der Waals surface area contributed by atoms with Crippen LogP contribution in [0.2, 0.25) is 0 Å². The summed E-state index contributed by atoms with van der Waals surface area (Å²) in [5.74, 6) is 2.99. The van der Waals surface area contributed by atoms with Gasteiger partial charge in [0.25, 0.3) is 0 Å². The molecule has 0 bridgehead atoms. The second-order valence-electron chi connectivity index (χ2n) is 10.3. The van der Waals surface area contributed by atoms with E-state index >= 15 is 0 Å². The van der Waals surface area contributed by atoms with E-state index in [4.69, 9.17) is 0 Å². The maximum Gasteiger partial charge on any atom is 0.156 e. The first-order valence-corrected chi connectivity index (χ1v) is 10.8. The van der Waals surface area contributed by atoms with Gasteiger partial charge in [0.1, 0.15) is 0 Å². The van der Waals surface area contributed by atoms with Crippen molar-refractivity contribution in [2.45, 2.75) is 78.2 Å². The summed E-state index contributed by atoms with van der Waals surface area (Å²) in [5.41, 5.74) is -0.182. The molecule has 3 saturated carbocycles. The van der Waals surface area contributed by atoms with Crippen molar-refractivity contribution in [3.05, 3.63) is 12.2 Å². The van der Waals surface area contributed by atoms with E-state index in [-0.39, 0.29) is 17.8 Å². The second kappa shape index (κ2) is 6.17. The van der Waals surface area contributed by atoms with Crippen molar-refractivity contribution in [3.63, 3.8) is 0 Å². The maximum absolute atomic E-state index is 12.3. The number of rotatable bonds is 3. The lowest BCUT2D eigenvalue weighted by molar-refractivity contribution is -0.177. The van der Waals surface area contributed by atoms with Crippen molar-refractivity contribution in [3.8, 4) is 0 Å². The first-order valence-electron chi connectivity index (χ1n) is 10.8. The van der Waals surface area contributed by atoms with Crippen LogP contribution in [0.25, 0.3) is 0 Å². The molecule has 4 rings (SSSR count). The zero-order valence-corrected chi connectivity index (χ0v) is 16.7. The Morgan fingerprint density at radius 3 is 2.62 bits per heavy atom. The van der Waals surface area contributed by atoms with Crippen molar-refractivity contribution >= 4 is 5.78 Å². The number of ketones is 1. The van der Waals surface area contributed by atoms with Crippen molar-refractivity contribution in [1.82, 2.24) is 0 Å². The van der Waals surface area contributed by atoms with Crippen LogP contribution in [-0.2, 0) is 4.79 Å². The highest BCUT2D eigenvalue weighted by Gasteiger charge is 2.65. The Kier molecular flexibility index (Phi) is 4.43. The predicted octanol–water partition coefficient (Wildman–Crippen LogP) is 4.12. The summed E-state index contributed by atoms with van der Waals surface area (Å²) in [5, 5.41) is 20.6. The van der Waals surface area contributed by atoms with E-state index in [9.17, 15) is 15.0 Å². The molecule has 2 N–H and O–H groups in total. The summed E-state index contributed by atoms with van der Waals surface area (Å²) in [7, 11) is 0. The summed E-state index contributed by atoms with van der Waals surface area (Å²) < 4.78 is 0. The molecule has 3 nitrogen and oxygen atoms in total. The van der Waals surface area contributed by atoms with Crippen LogP contribution in [0.3, 0.4) is 0 Å². The number of carbonyl (C=O) groups excluding carboxylic acids is 1. The molecule has 0 spiro atoms. The molecule has 0 aliphatic heterocycles. The Labute approximate surface area is 158 Å². The van der Waals surface area contributed by atoms with Gasteiger partial charge in [0, 0.05) is 11.8 Å². The van der Waals surface area contributed by atoms with Gasteiger partial charge in [-0.2, -0.15) is 0 Å². The molecule has 146 valence electrons. The Hall–Kier alpha value is -0.670. The molecule has 0 radical (unpaired) electrons. The average Bonchev–Trinajstić information content (AvgIpc) is 2.97. The lowest BCUT2D eigenvalue weighted by Crippen LogP contribution is -2.61. The van der Waals surface area contributed by atoms with Crippen molar-refractivity contribution < 1.29 is 15.0 Å². The molecule has 26 heavy (non-hydrogen) atoms. The van der Waals surface area contributed by atoms with Crippen LogP contribution < -0.4 is 0 Å². The molecular formula is C23H36O3. The van der Waals surface area contributed by atoms with E-state index in [0.29, 0.717) is 23.7 Å². The van der Waals surface area contributed by atoms with E-state index in [1.54, 1.807) is 6.08 Å². The predicted molar refractivity (Wildman–Crippen MR) is 102 cm³/mol. The fraction of sp³-hybridized carbons (Fsp3) is 0.870. The van der Waals surface area contributed by atoms with Crippen LogP contribution in [0.1, 0.15) is 72.1 Å². The minimum atomic E-state index is -0.803. The number of aliphatic hydroxyl groups is 2. The molecule has 0 saturated heterocycles. The lowest BCUT2D eigenvalue weighted by Gasteiger charge is -2.64. The van der Waals surface area contributed by atoms with Gasteiger partial charge in [-0.3, -0.25) is 4.79 Å². The standard InChI is InChI=1S/C23H36O3/c1-4-15-5-6-18-17-8-12-23(20(26)14-24)13-16(25)7-11-22(23,3)19(17)9-10-21(15,18)2/h7,11,15,17-20,24,26H,4-6,8-10,12-14H2,1-3H3/t15-,17-,18-,19-,20?,21+,22+,23?/m0/s1. The van der Waals surface area contributed by atoms with E-state index in [0.717, 1.165) is 24.7 Å². The van der Waals surface area contributed by atoms with E-state index < -0.39 is 11.5 Å². The second-order valence-corrected chi connectivity index (χ2v) is 10.3. The van der Waals surface area contributed by atoms with Gasteiger partial charge in [0.05, 0.1) is 12.7 Å². The van der Waals surface area contributed by atoms with Crippen LogP contribution in [0.15, 0.2) is 12.2 Å². The molecule has 0 heterocycles. The van der Waals surface area contributed by atoms with Crippen LogP contribution in [0.4, 0.5) is 0 Å². The van der Waals surface area contributed by atoms with Crippen molar-refractivity contribution in [2.75, 3.05) is 6.61 Å². The third-order valence-corrected chi connectivity index (χ3v) is 9.81. The van der Waals surface area contributed by atoms with Gasteiger partial charge >= 0.3 is 0 Å². The smallest absolute Gasteiger partial charge is 0.156 e. The van der Waals surface area contributed by atoms with Crippen LogP contribution >= 0.6 is 0 Å². The van der Waals surface area contributed by atoms with Gasteiger partial charge in [-0.1, -0.05) is 33.3 Å². The quantitative estimate of drug-likeness (QED) is 0.796. The van der Waals surface area contributed by atoms with Crippen molar-refractivity contribution in [1.29, 1.82) is 0 Å². The highest BCUT2D eigenvalue weighted by Crippen LogP contribution is 2.70. The highest BCUT2D eigenvalue weighted by molar-refractivity contribution is 5.91. The van der Waals surface area contributed by atoms with Gasteiger partial charge in [-0.15, -0.1) is 0 Å². The Morgan fingerprint density at radius 1 is 1.15 bits per heavy atom. The van der Waals surface area contributed by atoms with Crippen LogP contribution in [0, 0.1) is 39.9 Å². The number of hydrogen-bond donors (Lipinski definition) is 2. The molecule has 8 atom stereocenters. The van der Waals surface area contributed by atoms with Gasteiger partial charge in [-0.05, 0) is 79.1 Å². The number of allylic oxidation sites excluding steroid dienone is 2. The minimum Gasteiger partial charge on any atom is -0.394 e. The molecule has 0 amide bonds. The molecule has 0 aromatic rings. The summed E-state index contributed by atoms with van der Waals surface area (Å²) in [4.78, 5) is 12.3. The zero-order chi connectivity index (χ0) is 18.7. The molecule has 4 aliphatic rings. The normalized spacial score (nSPS) is 51.5. The first kappa shape index (κ1) is 18.7. The van der Waals surface area contributed by atoms with Gasteiger partial charge < -0.3 is 10.2 Å². The molecule has 0 aromatic carbocycles. The number of fused-ring (bicyclic) bond motifs is 5. The Morgan fingerprint density at radius 2 is 1.92 bits per heavy atom. The van der Waals surface area contributed by atoms with Gasteiger partial charge in [0.15, 0.2) is 5.78 Å². The monoisotopic (exact) mass is 360 g/mol. The van der Waals surface area contributed by atoms with Gasteiger partial charge in [-0.25, -0.2) is 0 Å². The molecule has 4 aliphatic carbocycles. The van der Waals surface area contributed by atoms with E-state index in [1.165, 1.54) is 32.1 Å². The number of hydrogen-bond acceptors (Lipinski definition) is 3. The van der Waals surface area contributed by atoms with Crippen LogP contribution in [0.5, 0.6) is 0 Å². The fourth-order valence-electron chi connectivity index (χ4n) is 8.30. The minimum absolute atomic E-state index is 0.112. The molecule has 2 unspecified atom stereocenters. The first-order chi connectivity index (χ1) is 12.3. The van der Waals surface area contributed by atoms with E-state index in [2.05, 4.69) is 26.8 Å². The summed E-state index contributed by atoms with van der Waals surface area (Å²) in [6.45, 7) is 6.93. The zero-order valence-electron chi connectivity index (χ0n) is 16.7. The number of carbonyl (C=O) groups is 1. The SMILES string of the molecule is CC[C@H]1CC[C@H]2[C@@H]3CCC4(C(O)CO)CC(=O)C=C[C@]4(C)[C@H]3CC[C@]12C. The lowest BCUT2D eigenvalue weighted by atomic mass is 9.40. The molecule has 0 aromatic heterocycles. The third-order valence-electron chi connectivity index (χ3n) is 9.81. The fourth-order valence-corrected chi connectivity index (χ4v) is 8.30. The summed E-state index contributed by atoms with van der Waals surface area (Å²) in [6, 6.07) is 0.